The van der Waals surface area contributed by atoms with Gasteiger partial charge in [-0.15, -0.1) is 12.4 Å². The largest absolute Gasteiger partial charge is 0.314 e. The Labute approximate surface area is 123 Å². The third-order valence-corrected chi connectivity index (χ3v) is 5.10. The number of nitrogens with zero attached hydrogens (tertiary/aromatic N) is 4. The number of hydrogen-bond acceptors (Lipinski definition) is 5. The summed E-state index contributed by atoms with van der Waals surface area (Å²) in [4.78, 5) is 1.63. The van der Waals surface area contributed by atoms with E-state index in [2.05, 4.69) is 15.5 Å². The summed E-state index contributed by atoms with van der Waals surface area (Å²) < 4.78 is 26.8. The average molecular weight is 318 g/mol. The first-order valence-corrected chi connectivity index (χ1v) is 7.54. The monoisotopic (exact) mass is 317 g/mol. The first-order valence-electron chi connectivity index (χ1n) is 6.10. The van der Waals surface area contributed by atoms with Crippen LogP contribution in [0.2, 0.25) is 0 Å². The Balaban J connectivity index is 0.00000147. The molecule has 2 heterocycles. The maximum absolute atomic E-state index is 12.6. The third kappa shape index (κ3) is 2.51. The van der Waals surface area contributed by atoms with Crippen molar-refractivity contribution < 1.29 is 8.42 Å². The highest BCUT2D eigenvalue weighted by atomic mass is 35.5. The Bertz CT molecular complexity index is 709. The van der Waals surface area contributed by atoms with Crippen molar-refractivity contribution in [2.75, 3.05) is 26.2 Å². The van der Waals surface area contributed by atoms with Gasteiger partial charge in [0.15, 0.2) is 0 Å². The van der Waals surface area contributed by atoms with Crippen LogP contribution in [-0.4, -0.2) is 53.9 Å². The van der Waals surface area contributed by atoms with E-state index in [-0.39, 0.29) is 17.3 Å². The van der Waals surface area contributed by atoms with Crippen molar-refractivity contribution in [1.29, 1.82) is 0 Å². The normalized spacial score (nSPS) is 17.1. The molecule has 0 atom stereocenters. The molecule has 9 heteroatoms. The van der Waals surface area contributed by atoms with E-state index < -0.39 is 10.0 Å². The Morgan fingerprint density at radius 3 is 2.60 bits per heavy atom. The van der Waals surface area contributed by atoms with Gasteiger partial charge in [-0.1, -0.05) is 6.07 Å². The van der Waals surface area contributed by atoms with Gasteiger partial charge in [0, 0.05) is 33.2 Å². The van der Waals surface area contributed by atoms with E-state index in [1.165, 1.54) is 9.10 Å². The molecule has 1 aliphatic rings. The molecule has 0 radical (unpaired) electrons. The summed E-state index contributed by atoms with van der Waals surface area (Å²) in [5.41, 5.74) is 1.03. The van der Waals surface area contributed by atoms with E-state index in [9.17, 15) is 8.42 Å². The van der Waals surface area contributed by atoms with Crippen LogP contribution < -0.4 is 5.32 Å². The van der Waals surface area contributed by atoms with Crippen molar-refractivity contribution in [3.63, 3.8) is 0 Å². The molecule has 20 heavy (non-hydrogen) atoms. The molecular weight excluding hydrogens is 302 g/mol. The van der Waals surface area contributed by atoms with Crippen LogP contribution in [0.5, 0.6) is 0 Å². The van der Waals surface area contributed by atoms with E-state index >= 15 is 0 Å². The molecule has 1 aromatic carbocycles. The van der Waals surface area contributed by atoms with Gasteiger partial charge in [0.2, 0.25) is 10.0 Å². The van der Waals surface area contributed by atoms with Crippen LogP contribution in [0.15, 0.2) is 23.1 Å². The Morgan fingerprint density at radius 1 is 1.20 bits per heavy atom. The van der Waals surface area contributed by atoms with E-state index in [0.29, 0.717) is 37.2 Å². The van der Waals surface area contributed by atoms with Crippen LogP contribution in [0.25, 0.3) is 11.0 Å². The van der Waals surface area contributed by atoms with Gasteiger partial charge >= 0.3 is 0 Å². The lowest BCUT2D eigenvalue weighted by Crippen LogP contribution is -2.46. The molecule has 1 aromatic heterocycles. The number of benzene rings is 1. The van der Waals surface area contributed by atoms with Crippen molar-refractivity contribution in [1.82, 2.24) is 24.6 Å². The third-order valence-electron chi connectivity index (χ3n) is 3.17. The summed E-state index contributed by atoms with van der Waals surface area (Å²) in [5, 5.41) is 11.4. The van der Waals surface area contributed by atoms with Gasteiger partial charge in [-0.3, -0.25) is 0 Å². The van der Waals surface area contributed by atoms with Gasteiger partial charge in [-0.25, -0.2) is 8.42 Å². The SMILES string of the molecule is Cl.Cn1nc2cccc(S(=O)(=O)N3CCNCC3)c2n1. The Morgan fingerprint density at radius 2 is 1.90 bits per heavy atom. The summed E-state index contributed by atoms with van der Waals surface area (Å²) in [6, 6.07) is 5.06. The minimum Gasteiger partial charge on any atom is -0.314 e. The first kappa shape index (κ1) is 15.2. The first-order chi connectivity index (χ1) is 9.09. The minimum atomic E-state index is -3.50. The highest BCUT2D eigenvalue weighted by Gasteiger charge is 2.28. The van der Waals surface area contributed by atoms with E-state index in [4.69, 9.17) is 0 Å². The summed E-state index contributed by atoms with van der Waals surface area (Å²) in [7, 11) is -1.82. The molecule has 0 aliphatic carbocycles. The number of rotatable bonds is 2. The van der Waals surface area contributed by atoms with Gasteiger partial charge in [0.05, 0.1) is 0 Å². The fraction of sp³-hybridized carbons (Fsp3) is 0.455. The fourth-order valence-corrected chi connectivity index (χ4v) is 3.83. The summed E-state index contributed by atoms with van der Waals surface area (Å²) in [5.74, 6) is 0. The Hall–Kier alpha value is -1.22. The number of halogens is 1. The van der Waals surface area contributed by atoms with Gasteiger partial charge < -0.3 is 5.32 Å². The number of aromatic nitrogens is 3. The van der Waals surface area contributed by atoms with Crippen LogP contribution in [0.1, 0.15) is 0 Å². The lowest BCUT2D eigenvalue weighted by molar-refractivity contribution is 0.360. The molecule has 2 aromatic rings. The standard InChI is InChI=1S/C11H15N5O2S.ClH/c1-15-13-9-3-2-4-10(11(9)14-15)19(17,18)16-7-5-12-6-8-16;/h2-4,12H,5-8H2,1H3;1H. The van der Waals surface area contributed by atoms with Crippen molar-refractivity contribution in [2.24, 2.45) is 7.05 Å². The molecule has 0 spiro atoms. The number of sulfonamides is 1. The highest BCUT2D eigenvalue weighted by molar-refractivity contribution is 7.89. The highest BCUT2D eigenvalue weighted by Crippen LogP contribution is 2.23. The number of hydrogen-bond donors (Lipinski definition) is 1. The molecule has 0 unspecified atom stereocenters. The van der Waals surface area contributed by atoms with Gasteiger partial charge in [0.25, 0.3) is 0 Å². The zero-order valence-corrected chi connectivity index (χ0v) is 12.6. The molecule has 1 fully saturated rings. The predicted molar refractivity (Wildman–Crippen MR) is 77.4 cm³/mol. The van der Waals surface area contributed by atoms with Crippen LogP contribution in [0, 0.1) is 0 Å². The second-order valence-corrected chi connectivity index (χ2v) is 6.37. The molecule has 110 valence electrons. The van der Waals surface area contributed by atoms with Crippen LogP contribution in [-0.2, 0) is 17.1 Å². The molecule has 0 bridgehead atoms. The second-order valence-electron chi connectivity index (χ2n) is 4.47. The van der Waals surface area contributed by atoms with Crippen LogP contribution in [0.4, 0.5) is 0 Å². The molecule has 7 nitrogen and oxygen atoms in total. The molecule has 0 saturated carbocycles. The van der Waals surface area contributed by atoms with E-state index in [1.807, 2.05) is 0 Å². The molecule has 1 saturated heterocycles. The lowest BCUT2D eigenvalue weighted by Gasteiger charge is -2.26. The minimum absolute atomic E-state index is 0. The number of nitrogens with one attached hydrogen (secondary N) is 1. The van der Waals surface area contributed by atoms with Gasteiger partial charge in [-0.05, 0) is 12.1 Å². The molecule has 1 aliphatic heterocycles. The topological polar surface area (TPSA) is 80.1 Å². The van der Waals surface area contributed by atoms with Gasteiger partial charge in [-0.2, -0.15) is 19.3 Å². The number of fused-ring (bicyclic) bond motifs is 1. The summed E-state index contributed by atoms with van der Waals surface area (Å²) in [6.45, 7) is 2.32. The quantitative estimate of drug-likeness (QED) is 0.842. The number of piperazine rings is 1. The van der Waals surface area contributed by atoms with Gasteiger partial charge in [0.1, 0.15) is 15.9 Å². The smallest absolute Gasteiger partial charge is 0.245 e. The van der Waals surface area contributed by atoms with E-state index in [1.54, 1.807) is 25.2 Å². The van der Waals surface area contributed by atoms with Crippen LogP contribution in [0.3, 0.4) is 0 Å². The zero-order chi connectivity index (χ0) is 13.5. The van der Waals surface area contributed by atoms with Crippen LogP contribution >= 0.6 is 12.4 Å². The summed E-state index contributed by atoms with van der Waals surface area (Å²) in [6.07, 6.45) is 0. The Kier molecular flexibility index (Phi) is 4.28. The molecule has 0 amide bonds. The molecule has 3 rings (SSSR count). The molecule has 1 N–H and O–H groups in total. The zero-order valence-electron chi connectivity index (χ0n) is 11.0. The van der Waals surface area contributed by atoms with E-state index in [0.717, 1.165) is 0 Å². The van der Waals surface area contributed by atoms with Crippen molar-refractivity contribution >= 4 is 33.5 Å². The van der Waals surface area contributed by atoms with Crippen molar-refractivity contribution in [3.8, 4) is 0 Å². The predicted octanol–water partition coefficient (Wildman–Crippen LogP) is -0.0160. The van der Waals surface area contributed by atoms with Crippen molar-refractivity contribution in [2.45, 2.75) is 4.90 Å². The van der Waals surface area contributed by atoms with Crippen molar-refractivity contribution in [3.05, 3.63) is 18.2 Å². The lowest BCUT2D eigenvalue weighted by atomic mass is 10.3. The number of aryl methyl sites for hydroxylation is 1. The fourth-order valence-electron chi connectivity index (χ4n) is 2.25. The maximum atomic E-state index is 12.6. The maximum Gasteiger partial charge on any atom is 0.245 e. The second kappa shape index (κ2) is 5.65. The summed E-state index contributed by atoms with van der Waals surface area (Å²) >= 11 is 0. The molecular formula is C11H16ClN5O2S. The average Bonchev–Trinajstić information content (AvgIpc) is 2.79.